The van der Waals surface area contributed by atoms with Gasteiger partial charge in [0.05, 0.1) is 36.9 Å². The highest BCUT2D eigenvalue weighted by molar-refractivity contribution is 6.33. The third kappa shape index (κ3) is 7.20. The van der Waals surface area contributed by atoms with Crippen LogP contribution in [0.5, 0.6) is 5.75 Å². The van der Waals surface area contributed by atoms with Crippen molar-refractivity contribution in [3.63, 3.8) is 0 Å². The van der Waals surface area contributed by atoms with Crippen LogP contribution in [0.15, 0.2) is 48.7 Å². The van der Waals surface area contributed by atoms with Gasteiger partial charge >= 0.3 is 0 Å². The molecule has 0 fully saturated rings. The number of likely N-dealkylation sites (N-methyl/N-ethyl adjacent to an activating group) is 2. The summed E-state index contributed by atoms with van der Waals surface area (Å²) >= 11 is 6.35. The van der Waals surface area contributed by atoms with Gasteiger partial charge in [0.2, 0.25) is 5.95 Å². The minimum Gasteiger partial charge on any atom is -0.494 e. The van der Waals surface area contributed by atoms with Gasteiger partial charge in [-0.3, -0.25) is 4.79 Å². The number of amides is 1. The first-order valence-corrected chi connectivity index (χ1v) is 11.8. The third-order valence-electron chi connectivity index (χ3n) is 5.32. The lowest BCUT2D eigenvalue weighted by Crippen LogP contribution is -2.28. The van der Waals surface area contributed by atoms with E-state index in [2.05, 4.69) is 35.7 Å². The quantitative estimate of drug-likeness (QED) is 0.289. The number of carbonyl (C=O) groups excluding carboxylic acids is 1. The number of para-hydroxylation sites is 1. The number of halogens is 1. The number of hydrogen-bond acceptors (Lipinski definition) is 9. The van der Waals surface area contributed by atoms with Gasteiger partial charge in [0, 0.05) is 38.4 Å². The predicted octanol–water partition coefficient (Wildman–Crippen LogP) is 3.35. The highest BCUT2D eigenvalue weighted by Crippen LogP contribution is 2.32. The van der Waals surface area contributed by atoms with E-state index in [1.165, 1.54) is 6.20 Å². The lowest BCUT2D eigenvalue weighted by atomic mass is 10.1. The Morgan fingerprint density at radius 1 is 1.08 bits per heavy atom. The molecular weight excluding hydrogens is 482 g/mol. The monoisotopic (exact) mass is 513 g/mol. The molecular formula is C25H32ClN7O3. The maximum atomic E-state index is 12.5. The minimum absolute atomic E-state index is 0.148. The van der Waals surface area contributed by atoms with Crippen molar-refractivity contribution in [3.05, 3.63) is 59.2 Å². The van der Waals surface area contributed by atoms with Crippen molar-refractivity contribution in [2.45, 2.75) is 0 Å². The molecule has 192 valence electrons. The van der Waals surface area contributed by atoms with E-state index in [4.69, 9.17) is 21.4 Å². The molecule has 1 heterocycles. The largest absolute Gasteiger partial charge is 0.494 e. The lowest BCUT2D eigenvalue weighted by Gasteiger charge is -2.23. The topological polar surface area (TPSA) is 115 Å². The average molecular weight is 514 g/mol. The third-order valence-corrected chi connectivity index (χ3v) is 5.60. The second-order valence-electron chi connectivity index (χ2n) is 8.27. The highest BCUT2D eigenvalue weighted by Gasteiger charge is 2.15. The summed E-state index contributed by atoms with van der Waals surface area (Å²) in [5, 5.41) is 18.2. The first-order valence-electron chi connectivity index (χ1n) is 11.4. The molecule has 0 unspecified atom stereocenters. The van der Waals surface area contributed by atoms with Gasteiger partial charge in [-0.05, 0) is 38.4 Å². The number of hydrogen-bond donors (Lipinski definition) is 4. The molecule has 1 aromatic heterocycles. The van der Waals surface area contributed by atoms with Gasteiger partial charge in [0.25, 0.3) is 5.91 Å². The van der Waals surface area contributed by atoms with Gasteiger partial charge in [0.15, 0.2) is 5.82 Å². The number of carbonyl (C=O) groups is 1. The number of anilines is 5. The van der Waals surface area contributed by atoms with Crippen LogP contribution in [0.3, 0.4) is 0 Å². The van der Waals surface area contributed by atoms with Crippen molar-refractivity contribution in [2.75, 3.05) is 70.0 Å². The normalized spacial score (nSPS) is 10.8. The number of nitrogens with zero attached hydrogens (tertiary/aromatic N) is 4. The number of aliphatic hydroxyl groups excluding tert-OH is 1. The maximum Gasteiger partial charge on any atom is 0.253 e. The van der Waals surface area contributed by atoms with Crippen LogP contribution in [-0.2, 0) is 0 Å². The summed E-state index contributed by atoms with van der Waals surface area (Å²) in [4.78, 5) is 25.5. The van der Waals surface area contributed by atoms with Gasteiger partial charge < -0.3 is 35.6 Å². The van der Waals surface area contributed by atoms with Crippen molar-refractivity contribution < 1.29 is 14.6 Å². The molecule has 3 aromatic rings. The second kappa shape index (κ2) is 12.9. The number of methoxy groups -OCH3 is 1. The van der Waals surface area contributed by atoms with Crippen LogP contribution in [0.2, 0.25) is 5.02 Å². The number of aliphatic hydroxyl groups is 1. The Labute approximate surface area is 216 Å². The first-order chi connectivity index (χ1) is 17.3. The molecule has 3 rings (SSSR count). The van der Waals surface area contributed by atoms with E-state index in [9.17, 15) is 4.79 Å². The zero-order valence-electron chi connectivity index (χ0n) is 20.9. The Balaban J connectivity index is 1.80. The Bertz CT molecular complexity index is 1180. The molecule has 4 N–H and O–H groups in total. The summed E-state index contributed by atoms with van der Waals surface area (Å²) in [5.74, 6) is 0.950. The van der Waals surface area contributed by atoms with Crippen LogP contribution in [0.25, 0.3) is 0 Å². The van der Waals surface area contributed by atoms with Crippen LogP contribution in [-0.4, -0.2) is 80.4 Å². The molecule has 0 bridgehead atoms. The second-order valence-corrected chi connectivity index (χ2v) is 8.68. The average Bonchev–Trinajstić information content (AvgIpc) is 2.88. The molecule has 0 atom stereocenters. The molecule has 0 saturated heterocycles. The Morgan fingerprint density at radius 3 is 2.58 bits per heavy atom. The van der Waals surface area contributed by atoms with Crippen LogP contribution in [0.4, 0.5) is 28.8 Å². The van der Waals surface area contributed by atoms with Gasteiger partial charge in [-0.25, -0.2) is 4.98 Å². The first kappa shape index (κ1) is 27.0. The molecule has 0 aliphatic carbocycles. The number of nitrogens with one attached hydrogen (secondary N) is 3. The van der Waals surface area contributed by atoms with Gasteiger partial charge in [0.1, 0.15) is 10.8 Å². The van der Waals surface area contributed by atoms with Crippen LogP contribution >= 0.6 is 11.6 Å². The standard InChI is InChI=1S/C25H32ClN7O3/c1-32(2)12-13-33(3)17-9-10-21(22(15-17)36-4)30-25-28-16-19(26)23(31-25)29-20-8-6-5-7-18(20)24(35)27-11-14-34/h5-10,15-16,34H,11-14H2,1-4H3,(H,27,35)(H2,28,29,30,31). The summed E-state index contributed by atoms with van der Waals surface area (Å²) in [7, 11) is 7.73. The minimum atomic E-state index is -0.323. The Hall–Kier alpha value is -3.60. The van der Waals surface area contributed by atoms with E-state index in [1.54, 1.807) is 31.4 Å². The van der Waals surface area contributed by atoms with Crippen molar-refractivity contribution >= 4 is 46.3 Å². The summed E-state index contributed by atoms with van der Waals surface area (Å²) in [6, 6.07) is 12.8. The van der Waals surface area contributed by atoms with Gasteiger partial charge in [-0.15, -0.1) is 0 Å². The zero-order chi connectivity index (χ0) is 26.1. The molecule has 11 heteroatoms. The molecule has 0 saturated carbocycles. The van der Waals surface area contributed by atoms with Gasteiger partial charge in [-0.2, -0.15) is 4.98 Å². The fraction of sp³-hybridized carbons (Fsp3) is 0.320. The molecule has 0 radical (unpaired) electrons. The predicted molar refractivity (Wildman–Crippen MR) is 144 cm³/mol. The lowest BCUT2D eigenvalue weighted by molar-refractivity contribution is 0.0945. The van der Waals surface area contributed by atoms with Crippen LogP contribution in [0, 0.1) is 0 Å². The Kier molecular flexibility index (Phi) is 9.69. The number of benzene rings is 2. The molecule has 0 aliphatic heterocycles. The zero-order valence-corrected chi connectivity index (χ0v) is 21.6. The van der Waals surface area contributed by atoms with Crippen molar-refractivity contribution in [2.24, 2.45) is 0 Å². The van der Waals surface area contributed by atoms with Crippen molar-refractivity contribution in [3.8, 4) is 5.75 Å². The fourth-order valence-corrected chi connectivity index (χ4v) is 3.46. The number of ether oxygens (including phenoxy) is 1. The SMILES string of the molecule is COc1cc(N(C)CCN(C)C)ccc1Nc1ncc(Cl)c(Nc2ccccc2C(=O)NCCO)n1. The Morgan fingerprint density at radius 2 is 1.86 bits per heavy atom. The van der Waals surface area contributed by atoms with Crippen molar-refractivity contribution in [1.29, 1.82) is 0 Å². The summed E-state index contributed by atoms with van der Waals surface area (Å²) in [6.45, 7) is 1.81. The van der Waals surface area contributed by atoms with Crippen molar-refractivity contribution in [1.82, 2.24) is 20.2 Å². The van der Waals surface area contributed by atoms with E-state index >= 15 is 0 Å². The smallest absolute Gasteiger partial charge is 0.253 e. The molecule has 0 spiro atoms. The summed E-state index contributed by atoms with van der Waals surface area (Å²) in [6.07, 6.45) is 1.48. The number of rotatable bonds is 12. The number of aromatic nitrogens is 2. The molecule has 2 aromatic carbocycles. The molecule has 0 aliphatic rings. The van der Waals surface area contributed by atoms with E-state index < -0.39 is 0 Å². The van der Waals surface area contributed by atoms with E-state index in [-0.39, 0.29) is 24.1 Å². The molecule has 1 amide bonds. The summed E-state index contributed by atoms with van der Waals surface area (Å²) in [5.41, 5.74) is 2.63. The van der Waals surface area contributed by atoms with E-state index in [1.807, 2.05) is 39.3 Å². The fourth-order valence-electron chi connectivity index (χ4n) is 3.32. The van der Waals surface area contributed by atoms with Gasteiger partial charge in [-0.1, -0.05) is 23.7 Å². The maximum absolute atomic E-state index is 12.5. The molecule has 36 heavy (non-hydrogen) atoms. The molecule has 10 nitrogen and oxygen atoms in total. The van der Waals surface area contributed by atoms with E-state index in [0.717, 1.165) is 18.8 Å². The highest BCUT2D eigenvalue weighted by atomic mass is 35.5. The van der Waals surface area contributed by atoms with E-state index in [0.29, 0.717) is 34.5 Å². The summed E-state index contributed by atoms with van der Waals surface area (Å²) < 4.78 is 5.60. The van der Waals surface area contributed by atoms with Crippen LogP contribution < -0.4 is 25.6 Å². The van der Waals surface area contributed by atoms with Crippen LogP contribution in [0.1, 0.15) is 10.4 Å².